The summed E-state index contributed by atoms with van der Waals surface area (Å²) in [6.07, 6.45) is 1.64. The van der Waals surface area contributed by atoms with E-state index in [2.05, 4.69) is 11.6 Å². The summed E-state index contributed by atoms with van der Waals surface area (Å²) in [6.45, 7) is 3.98. The van der Waals surface area contributed by atoms with Crippen molar-refractivity contribution in [2.24, 2.45) is 0 Å². The zero-order valence-electron chi connectivity index (χ0n) is 19.7. The summed E-state index contributed by atoms with van der Waals surface area (Å²) in [5, 5.41) is 12.2. The van der Waals surface area contributed by atoms with Crippen molar-refractivity contribution in [1.29, 1.82) is 0 Å². The average molecular weight is 533 g/mol. The maximum atomic E-state index is 13.4. The molecule has 0 aliphatic carbocycles. The lowest BCUT2D eigenvalue weighted by molar-refractivity contribution is -0.132. The lowest BCUT2D eigenvalue weighted by Crippen LogP contribution is -2.29. The summed E-state index contributed by atoms with van der Waals surface area (Å²) in [4.78, 5) is 32.7. The summed E-state index contributed by atoms with van der Waals surface area (Å²) in [7, 11) is 1.51. The number of ether oxygens (including phenoxy) is 2. The number of aliphatic hydroxyl groups is 1. The number of anilines is 1. The number of benzene rings is 3. The molecule has 186 valence electrons. The minimum Gasteiger partial charge on any atom is -0.507 e. The first kappa shape index (κ1) is 24.5. The molecule has 1 aliphatic rings. The molecule has 0 saturated carbocycles. The fourth-order valence-corrected chi connectivity index (χ4v) is 5.43. The second-order valence-corrected chi connectivity index (χ2v) is 9.62. The molecule has 5 rings (SSSR count). The van der Waals surface area contributed by atoms with Crippen LogP contribution in [0.3, 0.4) is 0 Å². The van der Waals surface area contributed by atoms with Gasteiger partial charge in [-0.1, -0.05) is 59.9 Å². The topological polar surface area (TPSA) is 89.0 Å². The summed E-state index contributed by atoms with van der Waals surface area (Å²) in [5.41, 5.74) is 1.55. The quantitative estimate of drug-likeness (QED) is 0.133. The first-order chi connectivity index (χ1) is 17.9. The highest BCUT2D eigenvalue weighted by Gasteiger charge is 2.48. The van der Waals surface area contributed by atoms with E-state index in [1.807, 2.05) is 0 Å². The number of rotatable bonds is 7. The van der Waals surface area contributed by atoms with Gasteiger partial charge in [-0.25, -0.2) is 4.98 Å². The number of methoxy groups -OCH3 is 1. The molecule has 1 aliphatic heterocycles. The van der Waals surface area contributed by atoms with Gasteiger partial charge in [0.1, 0.15) is 23.9 Å². The molecule has 1 unspecified atom stereocenters. The van der Waals surface area contributed by atoms with Crippen LogP contribution in [0.1, 0.15) is 17.2 Å². The number of thiazole rings is 1. The molecular weight excluding hydrogens is 512 g/mol. The van der Waals surface area contributed by atoms with Gasteiger partial charge in [0.05, 0.1) is 28.9 Å². The Morgan fingerprint density at radius 2 is 1.92 bits per heavy atom. The molecule has 0 bridgehead atoms. The molecule has 1 amide bonds. The number of carbonyl (C=O) groups excluding carboxylic acids is 2. The minimum atomic E-state index is -0.921. The molecule has 1 atom stereocenters. The van der Waals surface area contributed by atoms with Gasteiger partial charge in [-0.15, -0.1) is 0 Å². The Morgan fingerprint density at radius 3 is 2.65 bits per heavy atom. The fourth-order valence-electron chi connectivity index (χ4n) is 4.16. The van der Waals surface area contributed by atoms with Gasteiger partial charge in [-0.05, 0) is 48.0 Å². The van der Waals surface area contributed by atoms with Gasteiger partial charge in [0, 0.05) is 10.6 Å². The monoisotopic (exact) mass is 532 g/mol. The van der Waals surface area contributed by atoms with E-state index in [9.17, 15) is 14.7 Å². The van der Waals surface area contributed by atoms with Gasteiger partial charge < -0.3 is 14.6 Å². The molecule has 0 spiro atoms. The van der Waals surface area contributed by atoms with Gasteiger partial charge in [0.2, 0.25) is 0 Å². The predicted molar refractivity (Wildman–Crippen MR) is 145 cm³/mol. The largest absolute Gasteiger partial charge is 0.507 e. The lowest BCUT2D eigenvalue weighted by atomic mass is 9.95. The van der Waals surface area contributed by atoms with Crippen molar-refractivity contribution in [2.75, 3.05) is 18.6 Å². The van der Waals surface area contributed by atoms with E-state index in [1.165, 1.54) is 23.3 Å². The Balaban J connectivity index is 1.68. The third-order valence-electron chi connectivity index (χ3n) is 5.90. The Morgan fingerprint density at radius 1 is 1.14 bits per heavy atom. The van der Waals surface area contributed by atoms with Crippen LogP contribution in [0.4, 0.5) is 5.13 Å². The van der Waals surface area contributed by atoms with E-state index >= 15 is 0 Å². The number of halogens is 1. The van der Waals surface area contributed by atoms with Crippen LogP contribution < -0.4 is 14.4 Å². The maximum absolute atomic E-state index is 13.4. The molecule has 2 heterocycles. The van der Waals surface area contributed by atoms with Crippen molar-refractivity contribution in [1.82, 2.24) is 4.98 Å². The number of aromatic nitrogens is 1. The molecule has 9 heteroatoms. The Bertz CT molecular complexity index is 1560. The van der Waals surface area contributed by atoms with E-state index in [-0.39, 0.29) is 11.3 Å². The smallest absolute Gasteiger partial charge is 0.301 e. The minimum absolute atomic E-state index is 0.0460. The molecule has 1 saturated heterocycles. The van der Waals surface area contributed by atoms with Crippen molar-refractivity contribution in [3.05, 3.63) is 101 Å². The third kappa shape index (κ3) is 4.57. The molecule has 0 radical (unpaired) electrons. The molecule has 3 aromatic carbocycles. The lowest BCUT2D eigenvalue weighted by Gasteiger charge is -2.23. The van der Waals surface area contributed by atoms with Crippen LogP contribution in [-0.4, -0.2) is 35.5 Å². The third-order valence-corrected chi connectivity index (χ3v) is 7.15. The standard InChI is InChI=1S/C28H21ClN2O5S/c1-3-13-36-19-10-7-16(8-11-19)24-23(25(32)17-5-4-6-20(14-17)35-2)26(33)27(34)31(24)28-30-21-12-9-18(29)15-22(21)37-28/h3-12,14-15,24,32H,1,13H2,2H3/b25-23+. The summed E-state index contributed by atoms with van der Waals surface area (Å²) >= 11 is 7.39. The zero-order chi connectivity index (χ0) is 26.1. The van der Waals surface area contributed by atoms with Gasteiger partial charge in [0.15, 0.2) is 5.13 Å². The van der Waals surface area contributed by atoms with E-state index in [0.29, 0.717) is 44.9 Å². The first-order valence-electron chi connectivity index (χ1n) is 11.3. The summed E-state index contributed by atoms with van der Waals surface area (Å²) in [6, 6.07) is 18.0. The molecule has 7 nitrogen and oxygen atoms in total. The van der Waals surface area contributed by atoms with Crippen LogP contribution in [-0.2, 0) is 9.59 Å². The number of aliphatic hydroxyl groups excluding tert-OH is 1. The highest BCUT2D eigenvalue weighted by Crippen LogP contribution is 2.45. The van der Waals surface area contributed by atoms with Crippen LogP contribution in [0.25, 0.3) is 16.0 Å². The van der Waals surface area contributed by atoms with E-state index < -0.39 is 17.7 Å². The average Bonchev–Trinajstić information content (AvgIpc) is 3.44. The van der Waals surface area contributed by atoms with Crippen molar-refractivity contribution < 1.29 is 24.2 Å². The SMILES string of the molecule is C=CCOc1ccc(C2/C(=C(\O)c3cccc(OC)c3)C(=O)C(=O)N2c2nc3ccc(Cl)cc3s2)cc1. The van der Waals surface area contributed by atoms with Gasteiger partial charge in [-0.2, -0.15) is 0 Å². The number of ketones is 1. The predicted octanol–water partition coefficient (Wildman–Crippen LogP) is 6.15. The van der Waals surface area contributed by atoms with E-state index in [1.54, 1.807) is 72.8 Å². The van der Waals surface area contributed by atoms with Crippen LogP contribution in [0.2, 0.25) is 5.02 Å². The normalized spacial score (nSPS) is 16.8. The number of amides is 1. The number of Topliss-reactive ketones (excluding diaryl/α,β-unsaturated/α-hetero) is 1. The molecule has 1 N–H and O–H groups in total. The highest BCUT2D eigenvalue weighted by atomic mass is 35.5. The molecule has 4 aromatic rings. The number of hydrogen-bond acceptors (Lipinski definition) is 7. The Kier molecular flexibility index (Phi) is 6.69. The van der Waals surface area contributed by atoms with Crippen molar-refractivity contribution in [3.63, 3.8) is 0 Å². The van der Waals surface area contributed by atoms with Gasteiger partial charge >= 0.3 is 5.91 Å². The van der Waals surface area contributed by atoms with E-state index in [4.69, 9.17) is 21.1 Å². The van der Waals surface area contributed by atoms with Crippen LogP contribution in [0.5, 0.6) is 11.5 Å². The maximum Gasteiger partial charge on any atom is 0.301 e. The van der Waals surface area contributed by atoms with Crippen molar-refractivity contribution in [3.8, 4) is 11.5 Å². The summed E-state index contributed by atoms with van der Waals surface area (Å²) in [5.74, 6) is -0.799. The fraction of sp³-hybridized carbons (Fsp3) is 0.107. The Hall–Kier alpha value is -4.14. The first-order valence-corrected chi connectivity index (χ1v) is 12.5. The molecular formula is C28H21ClN2O5S. The molecule has 37 heavy (non-hydrogen) atoms. The molecule has 1 aromatic heterocycles. The number of fused-ring (bicyclic) bond motifs is 1. The Labute approximate surface area is 221 Å². The van der Waals surface area contributed by atoms with Crippen LogP contribution in [0.15, 0.2) is 85.0 Å². The van der Waals surface area contributed by atoms with E-state index in [0.717, 1.165) is 4.70 Å². The van der Waals surface area contributed by atoms with Crippen molar-refractivity contribution >= 4 is 55.7 Å². The van der Waals surface area contributed by atoms with Gasteiger partial charge in [0.25, 0.3) is 5.78 Å². The van der Waals surface area contributed by atoms with Crippen LogP contribution in [0, 0.1) is 0 Å². The van der Waals surface area contributed by atoms with Crippen LogP contribution >= 0.6 is 22.9 Å². The number of hydrogen-bond donors (Lipinski definition) is 1. The zero-order valence-corrected chi connectivity index (χ0v) is 21.3. The summed E-state index contributed by atoms with van der Waals surface area (Å²) < 4.78 is 11.6. The highest BCUT2D eigenvalue weighted by molar-refractivity contribution is 7.22. The van der Waals surface area contributed by atoms with Crippen molar-refractivity contribution in [2.45, 2.75) is 6.04 Å². The second kappa shape index (κ2) is 10.1. The van der Waals surface area contributed by atoms with Gasteiger partial charge in [-0.3, -0.25) is 14.5 Å². The second-order valence-electron chi connectivity index (χ2n) is 8.18. The number of carbonyl (C=O) groups is 2. The number of nitrogens with zero attached hydrogens (tertiary/aromatic N) is 2. The molecule has 1 fully saturated rings.